The third-order valence-corrected chi connectivity index (χ3v) is 3.47. The number of hydrogen-bond donors (Lipinski definition) is 2. The molecule has 3 heteroatoms. The molecule has 0 amide bonds. The zero-order valence-electron chi connectivity index (χ0n) is 8.71. The molecule has 1 atom stereocenters. The Kier molecular flexibility index (Phi) is 3.40. The Bertz CT molecular complexity index is 209. The summed E-state index contributed by atoms with van der Waals surface area (Å²) in [5, 5.41) is 12.7. The highest BCUT2D eigenvalue weighted by Crippen LogP contribution is 2.30. The fourth-order valence-electron chi connectivity index (χ4n) is 2.66. The van der Waals surface area contributed by atoms with Gasteiger partial charge in [-0.05, 0) is 18.8 Å². The zero-order chi connectivity index (χ0) is 9.80. The third-order valence-electron chi connectivity index (χ3n) is 3.47. The highest BCUT2D eigenvalue weighted by atomic mass is 16.3. The Morgan fingerprint density at radius 3 is 2.71 bits per heavy atom. The SMILES string of the molecule is OCC(C1=NCCN1)C1CCCCC1. The third kappa shape index (κ3) is 2.08. The maximum absolute atomic E-state index is 9.42. The van der Waals surface area contributed by atoms with E-state index in [2.05, 4.69) is 10.3 Å². The van der Waals surface area contributed by atoms with Crippen LogP contribution in [0.1, 0.15) is 32.1 Å². The van der Waals surface area contributed by atoms with Crippen molar-refractivity contribution in [1.82, 2.24) is 5.32 Å². The van der Waals surface area contributed by atoms with Gasteiger partial charge in [0.2, 0.25) is 0 Å². The lowest BCUT2D eigenvalue weighted by Crippen LogP contribution is -2.35. The molecule has 2 N–H and O–H groups in total. The maximum Gasteiger partial charge on any atom is 0.102 e. The van der Waals surface area contributed by atoms with Gasteiger partial charge in [-0.25, -0.2) is 0 Å². The number of nitrogens with one attached hydrogen (secondary N) is 1. The molecule has 3 nitrogen and oxygen atoms in total. The molecule has 14 heavy (non-hydrogen) atoms. The number of hydrogen-bond acceptors (Lipinski definition) is 3. The van der Waals surface area contributed by atoms with Crippen molar-refractivity contribution in [3.63, 3.8) is 0 Å². The van der Waals surface area contributed by atoms with Gasteiger partial charge < -0.3 is 10.4 Å². The molecule has 1 saturated carbocycles. The van der Waals surface area contributed by atoms with Gasteiger partial charge >= 0.3 is 0 Å². The number of aliphatic hydroxyl groups is 1. The van der Waals surface area contributed by atoms with Gasteiger partial charge in [-0.2, -0.15) is 0 Å². The van der Waals surface area contributed by atoms with Crippen LogP contribution in [0.15, 0.2) is 4.99 Å². The molecule has 2 aliphatic rings. The Hall–Kier alpha value is -0.570. The van der Waals surface area contributed by atoms with Crippen molar-refractivity contribution in [2.24, 2.45) is 16.8 Å². The average molecular weight is 196 g/mol. The fraction of sp³-hybridized carbons (Fsp3) is 0.909. The lowest BCUT2D eigenvalue weighted by atomic mass is 9.80. The maximum atomic E-state index is 9.42. The molecule has 0 radical (unpaired) electrons. The first-order valence-corrected chi connectivity index (χ1v) is 5.81. The van der Waals surface area contributed by atoms with E-state index in [0.717, 1.165) is 18.9 Å². The molecule has 0 bridgehead atoms. The number of rotatable bonds is 3. The molecule has 1 aliphatic heterocycles. The van der Waals surface area contributed by atoms with E-state index < -0.39 is 0 Å². The van der Waals surface area contributed by atoms with Gasteiger partial charge in [0.25, 0.3) is 0 Å². The fourth-order valence-corrected chi connectivity index (χ4v) is 2.66. The van der Waals surface area contributed by atoms with Crippen LogP contribution in [0.2, 0.25) is 0 Å². The molecule has 0 aromatic carbocycles. The van der Waals surface area contributed by atoms with Crippen molar-refractivity contribution in [3.8, 4) is 0 Å². The molecule has 0 spiro atoms. The van der Waals surface area contributed by atoms with E-state index in [1.165, 1.54) is 32.1 Å². The number of nitrogens with zero attached hydrogens (tertiary/aromatic N) is 1. The Morgan fingerprint density at radius 2 is 2.14 bits per heavy atom. The van der Waals surface area contributed by atoms with Crippen LogP contribution in [-0.4, -0.2) is 30.6 Å². The van der Waals surface area contributed by atoms with Crippen LogP contribution in [0.5, 0.6) is 0 Å². The summed E-state index contributed by atoms with van der Waals surface area (Å²) in [7, 11) is 0. The summed E-state index contributed by atoms with van der Waals surface area (Å²) in [5.74, 6) is 2.02. The average Bonchev–Trinajstić information content (AvgIpc) is 2.74. The molecule has 2 rings (SSSR count). The van der Waals surface area contributed by atoms with E-state index in [-0.39, 0.29) is 12.5 Å². The van der Waals surface area contributed by atoms with Crippen molar-refractivity contribution in [1.29, 1.82) is 0 Å². The minimum atomic E-state index is 0.260. The van der Waals surface area contributed by atoms with Crippen molar-refractivity contribution in [2.45, 2.75) is 32.1 Å². The van der Waals surface area contributed by atoms with Crippen molar-refractivity contribution < 1.29 is 5.11 Å². The summed E-state index contributed by atoms with van der Waals surface area (Å²) < 4.78 is 0. The lowest BCUT2D eigenvalue weighted by molar-refractivity contribution is 0.189. The first kappa shape index (κ1) is 9.97. The second-order valence-corrected chi connectivity index (χ2v) is 4.38. The topological polar surface area (TPSA) is 44.6 Å². The van der Waals surface area contributed by atoms with Crippen LogP contribution >= 0.6 is 0 Å². The number of aliphatic hydroxyl groups excluding tert-OH is 1. The van der Waals surface area contributed by atoms with Gasteiger partial charge in [0, 0.05) is 12.5 Å². The highest BCUT2D eigenvalue weighted by Gasteiger charge is 2.28. The monoisotopic (exact) mass is 196 g/mol. The van der Waals surface area contributed by atoms with E-state index >= 15 is 0 Å². The van der Waals surface area contributed by atoms with E-state index in [4.69, 9.17) is 0 Å². The van der Waals surface area contributed by atoms with E-state index in [1.54, 1.807) is 0 Å². The number of amidine groups is 1. The normalized spacial score (nSPS) is 25.6. The molecule has 80 valence electrons. The summed E-state index contributed by atoms with van der Waals surface area (Å²) in [6.07, 6.45) is 6.56. The smallest absolute Gasteiger partial charge is 0.102 e. The molecule has 0 aromatic heterocycles. The van der Waals surface area contributed by atoms with Gasteiger partial charge in [-0.3, -0.25) is 4.99 Å². The summed E-state index contributed by atoms with van der Waals surface area (Å²) in [6.45, 7) is 2.10. The molecule has 1 aliphatic carbocycles. The Morgan fingerprint density at radius 1 is 1.36 bits per heavy atom. The molecule has 1 unspecified atom stereocenters. The molecule has 0 aromatic rings. The summed E-state index contributed by atoms with van der Waals surface area (Å²) >= 11 is 0. The second-order valence-electron chi connectivity index (χ2n) is 4.38. The quantitative estimate of drug-likeness (QED) is 0.712. The standard InChI is InChI=1S/C11H20N2O/c14-8-10(11-12-6-7-13-11)9-4-2-1-3-5-9/h9-10,14H,1-8H2,(H,12,13). The minimum absolute atomic E-state index is 0.260. The van der Waals surface area contributed by atoms with Gasteiger partial charge in [-0.15, -0.1) is 0 Å². The van der Waals surface area contributed by atoms with Crippen LogP contribution in [0.25, 0.3) is 0 Å². The van der Waals surface area contributed by atoms with E-state index in [0.29, 0.717) is 5.92 Å². The minimum Gasteiger partial charge on any atom is -0.396 e. The zero-order valence-corrected chi connectivity index (χ0v) is 8.71. The van der Waals surface area contributed by atoms with Gasteiger partial charge in [0.1, 0.15) is 5.84 Å². The van der Waals surface area contributed by atoms with E-state index in [1.807, 2.05) is 0 Å². The largest absolute Gasteiger partial charge is 0.396 e. The van der Waals surface area contributed by atoms with Gasteiger partial charge in [-0.1, -0.05) is 19.3 Å². The molecular weight excluding hydrogens is 176 g/mol. The first-order chi connectivity index (χ1) is 6.92. The van der Waals surface area contributed by atoms with Crippen molar-refractivity contribution >= 4 is 5.84 Å². The van der Waals surface area contributed by atoms with Gasteiger partial charge in [0.05, 0.1) is 13.2 Å². The summed E-state index contributed by atoms with van der Waals surface area (Å²) in [5.41, 5.74) is 0. The summed E-state index contributed by atoms with van der Waals surface area (Å²) in [6, 6.07) is 0. The molecular formula is C11H20N2O. The van der Waals surface area contributed by atoms with Crippen molar-refractivity contribution in [2.75, 3.05) is 19.7 Å². The molecule has 1 heterocycles. The lowest BCUT2D eigenvalue weighted by Gasteiger charge is -2.29. The highest BCUT2D eigenvalue weighted by molar-refractivity contribution is 5.86. The molecule has 0 saturated heterocycles. The van der Waals surface area contributed by atoms with E-state index in [9.17, 15) is 5.11 Å². The predicted octanol–water partition coefficient (Wildman–Crippen LogP) is 1.18. The Labute approximate surface area is 85.6 Å². The van der Waals surface area contributed by atoms with Crippen LogP contribution in [0.4, 0.5) is 0 Å². The summed E-state index contributed by atoms with van der Waals surface area (Å²) in [4.78, 5) is 4.43. The number of aliphatic imine (C=N–C) groups is 1. The Balaban J connectivity index is 1.96. The van der Waals surface area contributed by atoms with Crippen LogP contribution in [0, 0.1) is 11.8 Å². The van der Waals surface area contributed by atoms with Gasteiger partial charge in [0.15, 0.2) is 0 Å². The molecule has 1 fully saturated rings. The van der Waals surface area contributed by atoms with Crippen LogP contribution in [0.3, 0.4) is 0 Å². The second kappa shape index (κ2) is 4.78. The first-order valence-electron chi connectivity index (χ1n) is 5.81. The van der Waals surface area contributed by atoms with Crippen LogP contribution in [-0.2, 0) is 0 Å². The predicted molar refractivity (Wildman–Crippen MR) is 57.5 cm³/mol. The van der Waals surface area contributed by atoms with Crippen LogP contribution < -0.4 is 5.32 Å². The van der Waals surface area contributed by atoms with Crippen molar-refractivity contribution in [3.05, 3.63) is 0 Å².